The molecule has 31 heavy (non-hydrogen) atoms. The maximum Gasteiger partial charge on any atom is 0.244 e. The summed E-state index contributed by atoms with van der Waals surface area (Å²) < 4.78 is 27.0. The lowest BCUT2D eigenvalue weighted by Crippen LogP contribution is -2.42. The van der Waals surface area contributed by atoms with E-state index in [4.69, 9.17) is 23.2 Å². The number of likely N-dealkylation sites (N-methyl/N-ethyl adjacent to an activating group) is 1. The van der Waals surface area contributed by atoms with Gasteiger partial charge in [-0.3, -0.25) is 14.4 Å². The summed E-state index contributed by atoms with van der Waals surface area (Å²) in [7, 11) is 0. The number of benzene rings is 2. The summed E-state index contributed by atoms with van der Waals surface area (Å²) in [4.78, 5) is 40.2. The van der Waals surface area contributed by atoms with Crippen molar-refractivity contribution in [1.29, 1.82) is 0 Å². The van der Waals surface area contributed by atoms with Gasteiger partial charge in [0.05, 0.1) is 28.2 Å². The van der Waals surface area contributed by atoms with Crippen molar-refractivity contribution in [1.82, 2.24) is 4.90 Å². The molecule has 0 radical (unpaired) electrons. The number of hydrogen-bond acceptors (Lipinski definition) is 3. The van der Waals surface area contributed by atoms with E-state index < -0.39 is 35.3 Å². The van der Waals surface area contributed by atoms with Gasteiger partial charge in [-0.1, -0.05) is 29.3 Å². The predicted molar refractivity (Wildman–Crippen MR) is 114 cm³/mol. The van der Waals surface area contributed by atoms with Crippen molar-refractivity contribution in [3.8, 4) is 0 Å². The topological polar surface area (TPSA) is 69.7 Å². The SMILES string of the molecule is CCN(CC(=O)Nc1c(Cl)cccc1Cl)C(=O)C1CC(=O)N(c2cc(F)cc(F)c2)C1. The molecule has 6 nitrogen and oxygen atoms in total. The molecule has 3 rings (SSSR count). The van der Waals surface area contributed by atoms with Crippen LogP contribution in [-0.2, 0) is 14.4 Å². The minimum absolute atomic E-state index is 0.0327. The van der Waals surface area contributed by atoms with Crippen LogP contribution in [0.5, 0.6) is 0 Å². The Morgan fingerprint density at radius 3 is 2.35 bits per heavy atom. The highest BCUT2D eigenvalue weighted by atomic mass is 35.5. The first kappa shape index (κ1) is 23.0. The molecular weight excluding hydrogens is 451 g/mol. The third kappa shape index (κ3) is 5.32. The minimum Gasteiger partial charge on any atom is -0.333 e. The Morgan fingerprint density at radius 2 is 1.77 bits per heavy atom. The molecule has 1 N–H and O–H groups in total. The van der Waals surface area contributed by atoms with Gasteiger partial charge in [0.1, 0.15) is 11.6 Å². The number of halogens is 4. The lowest BCUT2D eigenvalue weighted by molar-refractivity contribution is -0.138. The van der Waals surface area contributed by atoms with Gasteiger partial charge in [-0.15, -0.1) is 0 Å². The average molecular weight is 470 g/mol. The van der Waals surface area contributed by atoms with Gasteiger partial charge in [-0.25, -0.2) is 8.78 Å². The number of carbonyl (C=O) groups is 3. The Kier molecular flexibility index (Phi) is 7.12. The van der Waals surface area contributed by atoms with Crippen LogP contribution in [0.15, 0.2) is 36.4 Å². The van der Waals surface area contributed by atoms with Crippen molar-refractivity contribution in [2.75, 3.05) is 29.9 Å². The molecular formula is C21H19Cl2F2N3O3. The number of carbonyl (C=O) groups excluding carboxylic acids is 3. The number of anilines is 2. The maximum absolute atomic E-state index is 13.5. The van der Waals surface area contributed by atoms with E-state index in [1.165, 1.54) is 9.80 Å². The molecule has 1 atom stereocenters. The van der Waals surface area contributed by atoms with Gasteiger partial charge in [-0.2, -0.15) is 0 Å². The van der Waals surface area contributed by atoms with Gasteiger partial charge in [-0.05, 0) is 31.2 Å². The Hall–Kier alpha value is -2.71. The van der Waals surface area contributed by atoms with Crippen LogP contribution in [0.25, 0.3) is 0 Å². The number of rotatable bonds is 6. The van der Waals surface area contributed by atoms with Crippen LogP contribution in [0, 0.1) is 17.6 Å². The molecule has 0 bridgehead atoms. The number of nitrogens with zero attached hydrogens (tertiary/aromatic N) is 2. The summed E-state index contributed by atoms with van der Waals surface area (Å²) in [5.74, 6) is -3.71. The Labute approximate surface area is 187 Å². The molecule has 2 aromatic carbocycles. The smallest absolute Gasteiger partial charge is 0.244 e. The van der Waals surface area contributed by atoms with Crippen molar-refractivity contribution in [2.24, 2.45) is 5.92 Å². The number of para-hydroxylation sites is 1. The summed E-state index contributed by atoms with van der Waals surface area (Å²) in [6, 6.07) is 7.54. The fourth-order valence-corrected chi connectivity index (χ4v) is 3.88. The van der Waals surface area contributed by atoms with Crippen LogP contribution < -0.4 is 10.2 Å². The first-order valence-corrected chi connectivity index (χ1v) is 10.2. The zero-order valence-corrected chi connectivity index (χ0v) is 18.0. The van der Waals surface area contributed by atoms with Gasteiger partial charge in [0.15, 0.2) is 0 Å². The second kappa shape index (κ2) is 9.62. The van der Waals surface area contributed by atoms with Crippen molar-refractivity contribution in [3.05, 3.63) is 58.1 Å². The van der Waals surface area contributed by atoms with Crippen molar-refractivity contribution in [3.63, 3.8) is 0 Å². The quantitative estimate of drug-likeness (QED) is 0.691. The highest BCUT2D eigenvalue weighted by molar-refractivity contribution is 6.39. The van der Waals surface area contributed by atoms with Gasteiger partial charge in [0.25, 0.3) is 0 Å². The van der Waals surface area contributed by atoms with Crippen LogP contribution in [0.1, 0.15) is 13.3 Å². The second-order valence-corrected chi connectivity index (χ2v) is 7.84. The number of nitrogens with one attached hydrogen (secondary N) is 1. The number of amides is 3. The summed E-state index contributed by atoms with van der Waals surface area (Å²) in [6.07, 6.45) is -0.120. The summed E-state index contributed by atoms with van der Waals surface area (Å²) in [6.45, 7) is 1.62. The molecule has 1 heterocycles. The largest absolute Gasteiger partial charge is 0.333 e. The van der Waals surface area contributed by atoms with E-state index in [1.807, 2.05) is 0 Å². The summed E-state index contributed by atoms with van der Waals surface area (Å²) >= 11 is 12.1. The monoisotopic (exact) mass is 469 g/mol. The van der Waals surface area contributed by atoms with E-state index in [0.29, 0.717) is 6.07 Å². The van der Waals surface area contributed by atoms with E-state index in [-0.39, 0.29) is 47.5 Å². The predicted octanol–water partition coefficient (Wildman–Crippen LogP) is 4.11. The Bertz CT molecular complexity index is 994. The van der Waals surface area contributed by atoms with Crippen LogP contribution in [0.4, 0.5) is 20.2 Å². The van der Waals surface area contributed by atoms with Gasteiger partial charge < -0.3 is 15.1 Å². The number of hydrogen-bond donors (Lipinski definition) is 1. The summed E-state index contributed by atoms with van der Waals surface area (Å²) in [5.41, 5.74) is 0.293. The van der Waals surface area contributed by atoms with Gasteiger partial charge in [0.2, 0.25) is 17.7 Å². The van der Waals surface area contributed by atoms with Gasteiger partial charge >= 0.3 is 0 Å². The molecule has 0 saturated carbocycles. The first-order valence-electron chi connectivity index (χ1n) is 9.48. The molecule has 1 fully saturated rings. The van der Waals surface area contributed by atoms with Crippen molar-refractivity contribution in [2.45, 2.75) is 13.3 Å². The van der Waals surface area contributed by atoms with E-state index in [1.54, 1.807) is 25.1 Å². The Morgan fingerprint density at radius 1 is 1.16 bits per heavy atom. The Balaban J connectivity index is 1.68. The van der Waals surface area contributed by atoms with Gasteiger partial charge in [0, 0.05) is 31.3 Å². The molecule has 0 spiro atoms. The molecule has 1 aliphatic heterocycles. The molecule has 1 unspecified atom stereocenters. The molecule has 1 aliphatic rings. The fraction of sp³-hybridized carbons (Fsp3) is 0.286. The molecule has 1 saturated heterocycles. The average Bonchev–Trinajstić information content (AvgIpc) is 3.09. The minimum atomic E-state index is -0.817. The molecule has 2 aromatic rings. The molecule has 164 valence electrons. The van der Waals surface area contributed by atoms with E-state index in [0.717, 1.165) is 12.1 Å². The van der Waals surface area contributed by atoms with E-state index >= 15 is 0 Å². The standard InChI is InChI=1S/C21H19Cl2F2N3O3/c1-2-27(11-18(29)26-20-16(22)4-3-5-17(20)23)21(31)12-6-19(30)28(10-12)15-8-13(24)7-14(25)9-15/h3-5,7-9,12H,2,6,10-11H2,1H3,(H,26,29). The highest BCUT2D eigenvalue weighted by Crippen LogP contribution is 2.30. The van der Waals surface area contributed by atoms with Crippen LogP contribution in [-0.4, -0.2) is 42.3 Å². The van der Waals surface area contributed by atoms with Crippen molar-refractivity contribution < 1.29 is 23.2 Å². The lowest BCUT2D eigenvalue weighted by Gasteiger charge is -2.24. The maximum atomic E-state index is 13.5. The second-order valence-electron chi connectivity index (χ2n) is 7.03. The third-order valence-electron chi connectivity index (χ3n) is 4.89. The molecule has 0 aromatic heterocycles. The fourth-order valence-electron chi connectivity index (χ4n) is 3.39. The molecule has 3 amide bonds. The molecule has 0 aliphatic carbocycles. The molecule has 10 heteroatoms. The third-order valence-corrected chi connectivity index (χ3v) is 5.52. The van der Waals surface area contributed by atoms with Crippen molar-refractivity contribution >= 4 is 52.3 Å². The van der Waals surface area contributed by atoms with Crippen LogP contribution in [0.3, 0.4) is 0 Å². The lowest BCUT2D eigenvalue weighted by atomic mass is 10.1. The first-order chi connectivity index (χ1) is 14.7. The normalized spacial score (nSPS) is 15.8. The highest BCUT2D eigenvalue weighted by Gasteiger charge is 2.37. The zero-order valence-electron chi connectivity index (χ0n) is 16.5. The zero-order chi connectivity index (χ0) is 22.7. The summed E-state index contributed by atoms with van der Waals surface area (Å²) in [5, 5.41) is 3.10. The van der Waals surface area contributed by atoms with E-state index in [9.17, 15) is 23.2 Å². The van der Waals surface area contributed by atoms with E-state index in [2.05, 4.69) is 5.32 Å². The van der Waals surface area contributed by atoms with Crippen LogP contribution >= 0.6 is 23.2 Å². The van der Waals surface area contributed by atoms with Crippen LogP contribution in [0.2, 0.25) is 10.0 Å².